The van der Waals surface area contributed by atoms with Crippen molar-refractivity contribution in [1.29, 1.82) is 0 Å². The molecule has 28 heavy (non-hydrogen) atoms. The van der Waals surface area contributed by atoms with Gasteiger partial charge in [-0.05, 0) is 47.5 Å². The van der Waals surface area contributed by atoms with Crippen LogP contribution in [0, 0.1) is 5.82 Å². The van der Waals surface area contributed by atoms with Crippen molar-refractivity contribution in [2.45, 2.75) is 6.54 Å². The van der Waals surface area contributed by atoms with E-state index in [1.165, 1.54) is 29.5 Å². The molecule has 0 N–H and O–H groups in total. The third kappa shape index (κ3) is 4.13. The van der Waals surface area contributed by atoms with Crippen molar-refractivity contribution < 1.29 is 9.18 Å². The lowest BCUT2D eigenvalue weighted by Crippen LogP contribution is -2.28. The first kappa shape index (κ1) is 18.0. The molecule has 4 nitrogen and oxygen atoms in total. The van der Waals surface area contributed by atoms with Gasteiger partial charge in [-0.3, -0.25) is 14.7 Å². The van der Waals surface area contributed by atoms with E-state index in [1.54, 1.807) is 29.4 Å². The second kappa shape index (κ2) is 8.10. The number of fused-ring (bicyclic) bond motifs is 1. The summed E-state index contributed by atoms with van der Waals surface area (Å²) in [6, 6.07) is 17.8. The van der Waals surface area contributed by atoms with Crippen molar-refractivity contribution in [3.63, 3.8) is 0 Å². The fourth-order valence-electron chi connectivity index (χ4n) is 2.73. The predicted octanol–water partition coefficient (Wildman–Crippen LogP) is 5.08. The molecule has 0 saturated heterocycles. The summed E-state index contributed by atoms with van der Waals surface area (Å²) >= 11 is 1.29. The number of nitrogens with zero attached hydrogens (tertiary/aromatic N) is 3. The monoisotopic (exact) mass is 389 g/mol. The van der Waals surface area contributed by atoms with Crippen LogP contribution in [0.4, 0.5) is 9.52 Å². The number of aromatic nitrogens is 2. The summed E-state index contributed by atoms with van der Waals surface area (Å²) in [5.74, 6) is -0.515. The maximum Gasteiger partial charge on any atom is 0.253 e. The molecular weight excluding hydrogens is 373 g/mol. The lowest BCUT2D eigenvalue weighted by molar-refractivity contribution is -0.114. The van der Waals surface area contributed by atoms with Gasteiger partial charge in [0.25, 0.3) is 5.91 Å². The van der Waals surface area contributed by atoms with Crippen LogP contribution in [-0.2, 0) is 11.3 Å². The summed E-state index contributed by atoms with van der Waals surface area (Å²) in [6.07, 6.45) is 6.68. The number of amides is 1. The minimum Gasteiger partial charge on any atom is -0.280 e. The van der Waals surface area contributed by atoms with Crippen molar-refractivity contribution in [3.05, 3.63) is 96.1 Å². The molecule has 0 aliphatic carbocycles. The maximum absolute atomic E-state index is 13.5. The zero-order valence-corrected chi connectivity index (χ0v) is 15.6. The van der Waals surface area contributed by atoms with Gasteiger partial charge in [-0.2, -0.15) is 0 Å². The molecule has 2 heterocycles. The second-order valence-corrected chi connectivity index (χ2v) is 7.14. The Bertz CT molecular complexity index is 1130. The van der Waals surface area contributed by atoms with Crippen molar-refractivity contribution in [3.8, 4) is 0 Å². The Labute approximate surface area is 165 Å². The molecule has 4 aromatic rings. The normalized spacial score (nSPS) is 11.2. The molecule has 0 spiro atoms. The zero-order chi connectivity index (χ0) is 19.3. The Morgan fingerprint density at radius 3 is 2.64 bits per heavy atom. The van der Waals surface area contributed by atoms with Gasteiger partial charge in [0.2, 0.25) is 0 Å². The molecule has 2 aromatic carbocycles. The number of anilines is 1. The lowest BCUT2D eigenvalue weighted by atomic mass is 10.2. The molecule has 4 rings (SSSR count). The summed E-state index contributed by atoms with van der Waals surface area (Å²) in [4.78, 5) is 23.1. The molecule has 6 heteroatoms. The summed E-state index contributed by atoms with van der Waals surface area (Å²) in [5, 5.41) is 0.528. The molecular formula is C22H16FN3OS. The summed E-state index contributed by atoms with van der Waals surface area (Å²) in [6.45, 7) is 0.350. The van der Waals surface area contributed by atoms with Crippen LogP contribution in [0.1, 0.15) is 11.1 Å². The molecule has 0 unspecified atom stereocenters. The van der Waals surface area contributed by atoms with E-state index >= 15 is 0 Å². The average Bonchev–Trinajstić information content (AvgIpc) is 3.14. The summed E-state index contributed by atoms with van der Waals surface area (Å²) in [7, 11) is 0. The van der Waals surface area contributed by atoms with Crippen molar-refractivity contribution in [1.82, 2.24) is 9.97 Å². The maximum atomic E-state index is 13.5. The predicted molar refractivity (Wildman–Crippen MR) is 110 cm³/mol. The molecule has 0 aliphatic heterocycles. The van der Waals surface area contributed by atoms with Crippen LogP contribution in [0.3, 0.4) is 0 Å². The van der Waals surface area contributed by atoms with E-state index in [0.717, 1.165) is 11.1 Å². The quantitative estimate of drug-likeness (QED) is 0.447. The number of pyridine rings is 1. The van der Waals surface area contributed by atoms with E-state index in [2.05, 4.69) is 9.97 Å². The second-order valence-electron chi connectivity index (χ2n) is 6.13. The van der Waals surface area contributed by atoms with Gasteiger partial charge >= 0.3 is 0 Å². The molecule has 1 amide bonds. The van der Waals surface area contributed by atoms with Crippen LogP contribution in [-0.4, -0.2) is 15.9 Å². The molecule has 0 radical (unpaired) electrons. The third-order valence-electron chi connectivity index (χ3n) is 4.14. The first-order valence-corrected chi connectivity index (χ1v) is 9.50. The van der Waals surface area contributed by atoms with Gasteiger partial charge in [0.1, 0.15) is 5.82 Å². The van der Waals surface area contributed by atoms with Crippen LogP contribution < -0.4 is 4.90 Å². The van der Waals surface area contributed by atoms with E-state index in [4.69, 9.17) is 0 Å². The highest BCUT2D eigenvalue weighted by molar-refractivity contribution is 7.22. The lowest BCUT2D eigenvalue weighted by Gasteiger charge is -2.18. The number of carbonyl (C=O) groups is 1. The Kier molecular flexibility index (Phi) is 5.21. The molecule has 0 atom stereocenters. The van der Waals surface area contributed by atoms with E-state index in [9.17, 15) is 9.18 Å². The van der Waals surface area contributed by atoms with Crippen LogP contribution in [0.15, 0.2) is 79.1 Å². The number of benzene rings is 2. The summed E-state index contributed by atoms with van der Waals surface area (Å²) in [5.41, 5.74) is 2.54. The minimum absolute atomic E-state index is 0.194. The average molecular weight is 389 g/mol. The number of hydrogen-bond acceptors (Lipinski definition) is 4. The van der Waals surface area contributed by atoms with Gasteiger partial charge < -0.3 is 0 Å². The Balaban J connectivity index is 1.68. The first-order valence-electron chi connectivity index (χ1n) is 8.69. The fraction of sp³-hybridized carbons (Fsp3) is 0.0455. The van der Waals surface area contributed by atoms with Crippen LogP contribution >= 0.6 is 11.3 Å². The molecule has 0 fully saturated rings. The Morgan fingerprint density at radius 1 is 1.07 bits per heavy atom. The summed E-state index contributed by atoms with van der Waals surface area (Å²) < 4.78 is 14.2. The molecule has 138 valence electrons. The third-order valence-corrected chi connectivity index (χ3v) is 5.19. The smallest absolute Gasteiger partial charge is 0.253 e. The van der Waals surface area contributed by atoms with Gasteiger partial charge in [-0.1, -0.05) is 41.7 Å². The van der Waals surface area contributed by atoms with Gasteiger partial charge in [0.05, 0.1) is 16.8 Å². The highest BCUT2D eigenvalue weighted by atomic mass is 32.1. The standard InChI is InChI=1S/C22H16FN3OS/c23-18-7-8-19-20(14-18)28-22(25-19)26(15-17-10-12-24-13-11-17)21(27)9-6-16-4-2-1-3-5-16/h1-14H,15H2/b9-6+. The van der Waals surface area contributed by atoms with Crippen molar-refractivity contribution >= 4 is 38.7 Å². The van der Waals surface area contributed by atoms with E-state index in [1.807, 2.05) is 42.5 Å². The van der Waals surface area contributed by atoms with Crippen LogP contribution in [0.2, 0.25) is 0 Å². The number of thiazole rings is 1. The molecule has 2 aromatic heterocycles. The van der Waals surface area contributed by atoms with E-state index < -0.39 is 0 Å². The first-order chi connectivity index (χ1) is 13.7. The van der Waals surface area contributed by atoms with E-state index in [0.29, 0.717) is 21.9 Å². The van der Waals surface area contributed by atoms with Crippen molar-refractivity contribution in [2.24, 2.45) is 0 Å². The number of hydrogen-bond donors (Lipinski definition) is 0. The van der Waals surface area contributed by atoms with Gasteiger partial charge in [0, 0.05) is 18.5 Å². The molecule has 0 saturated carbocycles. The topological polar surface area (TPSA) is 46.1 Å². The van der Waals surface area contributed by atoms with Gasteiger partial charge in [-0.25, -0.2) is 9.37 Å². The Hall–Kier alpha value is -3.38. The Morgan fingerprint density at radius 2 is 1.86 bits per heavy atom. The minimum atomic E-state index is -0.321. The van der Waals surface area contributed by atoms with Gasteiger partial charge in [-0.15, -0.1) is 0 Å². The number of rotatable bonds is 5. The molecule has 0 aliphatic rings. The highest BCUT2D eigenvalue weighted by Gasteiger charge is 2.18. The van der Waals surface area contributed by atoms with Crippen LogP contribution in [0.25, 0.3) is 16.3 Å². The number of halogens is 1. The van der Waals surface area contributed by atoms with Crippen LogP contribution in [0.5, 0.6) is 0 Å². The zero-order valence-electron chi connectivity index (χ0n) is 14.8. The largest absolute Gasteiger partial charge is 0.280 e. The van der Waals surface area contributed by atoms with E-state index in [-0.39, 0.29) is 11.7 Å². The SMILES string of the molecule is O=C(/C=C/c1ccccc1)N(Cc1ccncc1)c1nc2ccc(F)cc2s1. The number of carbonyl (C=O) groups excluding carboxylic acids is 1. The van der Waals surface area contributed by atoms with Gasteiger partial charge in [0.15, 0.2) is 5.13 Å². The highest BCUT2D eigenvalue weighted by Crippen LogP contribution is 2.30. The fourth-order valence-corrected chi connectivity index (χ4v) is 3.73. The molecule has 0 bridgehead atoms. The van der Waals surface area contributed by atoms with Crippen molar-refractivity contribution in [2.75, 3.05) is 4.90 Å².